The van der Waals surface area contributed by atoms with Crippen LogP contribution in [0.15, 0.2) is 24.3 Å². The number of morpholine rings is 1. The monoisotopic (exact) mass is 251 g/mol. The van der Waals surface area contributed by atoms with Crippen molar-refractivity contribution in [2.75, 3.05) is 26.3 Å². The van der Waals surface area contributed by atoms with Crippen LogP contribution in [0, 0.1) is 0 Å². The first-order chi connectivity index (χ1) is 8.66. The zero-order chi connectivity index (χ0) is 13.0. The number of para-hydroxylation sites is 2. The summed E-state index contributed by atoms with van der Waals surface area (Å²) in [7, 11) is 0. The molecule has 1 fully saturated rings. The van der Waals surface area contributed by atoms with Crippen molar-refractivity contribution in [3.63, 3.8) is 0 Å². The molecule has 1 unspecified atom stereocenters. The predicted octanol–water partition coefficient (Wildman–Crippen LogP) is 1.02. The number of amides is 1. The molecule has 18 heavy (non-hydrogen) atoms. The number of phenols is 1. The molecule has 0 aliphatic carbocycles. The van der Waals surface area contributed by atoms with Crippen LogP contribution in [0.1, 0.15) is 6.92 Å². The van der Waals surface area contributed by atoms with E-state index in [-0.39, 0.29) is 24.4 Å². The highest BCUT2D eigenvalue weighted by Gasteiger charge is 2.21. The van der Waals surface area contributed by atoms with Crippen molar-refractivity contribution in [3.8, 4) is 11.5 Å². The molecule has 1 amide bonds. The van der Waals surface area contributed by atoms with Crippen LogP contribution in [0.5, 0.6) is 11.5 Å². The van der Waals surface area contributed by atoms with E-state index in [1.807, 2.05) is 6.92 Å². The van der Waals surface area contributed by atoms with E-state index in [4.69, 9.17) is 9.47 Å². The Labute approximate surface area is 106 Å². The van der Waals surface area contributed by atoms with Crippen molar-refractivity contribution in [2.24, 2.45) is 0 Å². The molecular weight excluding hydrogens is 234 g/mol. The molecular formula is C13H17NO4. The van der Waals surface area contributed by atoms with E-state index in [1.54, 1.807) is 23.1 Å². The van der Waals surface area contributed by atoms with E-state index in [0.717, 1.165) is 0 Å². The quantitative estimate of drug-likeness (QED) is 0.871. The van der Waals surface area contributed by atoms with Crippen molar-refractivity contribution >= 4 is 5.91 Å². The van der Waals surface area contributed by atoms with E-state index in [0.29, 0.717) is 25.4 Å². The fourth-order valence-corrected chi connectivity index (χ4v) is 1.85. The third-order valence-corrected chi connectivity index (χ3v) is 2.81. The van der Waals surface area contributed by atoms with Crippen LogP contribution in [-0.2, 0) is 9.53 Å². The molecule has 1 aromatic carbocycles. The van der Waals surface area contributed by atoms with E-state index < -0.39 is 0 Å². The molecule has 98 valence electrons. The van der Waals surface area contributed by atoms with Crippen molar-refractivity contribution < 1.29 is 19.4 Å². The first-order valence-corrected chi connectivity index (χ1v) is 5.97. The Bertz CT molecular complexity index is 421. The number of carbonyl (C=O) groups is 1. The maximum atomic E-state index is 11.9. The molecule has 2 rings (SSSR count). The van der Waals surface area contributed by atoms with Gasteiger partial charge in [0, 0.05) is 13.1 Å². The Morgan fingerprint density at radius 1 is 1.56 bits per heavy atom. The third-order valence-electron chi connectivity index (χ3n) is 2.81. The number of aromatic hydroxyl groups is 1. The van der Waals surface area contributed by atoms with Gasteiger partial charge in [-0.25, -0.2) is 0 Å². The summed E-state index contributed by atoms with van der Waals surface area (Å²) in [5.41, 5.74) is 0. The topological polar surface area (TPSA) is 59.0 Å². The van der Waals surface area contributed by atoms with Gasteiger partial charge in [0.2, 0.25) is 0 Å². The van der Waals surface area contributed by atoms with Crippen molar-refractivity contribution in [1.29, 1.82) is 0 Å². The number of phenolic OH excluding ortho intramolecular Hbond substituents is 1. The molecule has 5 heteroatoms. The van der Waals surface area contributed by atoms with Gasteiger partial charge in [0.05, 0.1) is 12.7 Å². The molecule has 1 aliphatic heterocycles. The number of carbonyl (C=O) groups excluding carboxylic acids is 1. The van der Waals surface area contributed by atoms with Crippen LogP contribution >= 0.6 is 0 Å². The number of rotatable bonds is 3. The Morgan fingerprint density at radius 2 is 2.33 bits per heavy atom. The molecule has 0 spiro atoms. The molecule has 1 N–H and O–H groups in total. The van der Waals surface area contributed by atoms with Crippen LogP contribution in [0.3, 0.4) is 0 Å². The van der Waals surface area contributed by atoms with Crippen molar-refractivity contribution in [1.82, 2.24) is 4.90 Å². The lowest BCUT2D eigenvalue weighted by Crippen LogP contribution is -2.46. The number of hydrogen-bond donors (Lipinski definition) is 1. The average molecular weight is 251 g/mol. The summed E-state index contributed by atoms with van der Waals surface area (Å²) in [4.78, 5) is 13.6. The molecule has 0 radical (unpaired) electrons. The number of hydrogen-bond acceptors (Lipinski definition) is 4. The Morgan fingerprint density at radius 3 is 3.06 bits per heavy atom. The Hall–Kier alpha value is -1.75. The highest BCUT2D eigenvalue weighted by Crippen LogP contribution is 2.24. The summed E-state index contributed by atoms with van der Waals surface area (Å²) < 4.78 is 10.7. The zero-order valence-corrected chi connectivity index (χ0v) is 10.3. The molecule has 0 bridgehead atoms. The largest absolute Gasteiger partial charge is 0.504 e. The van der Waals surface area contributed by atoms with Gasteiger partial charge >= 0.3 is 0 Å². The van der Waals surface area contributed by atoms with Crippen LogP contribution < -0.4 is 4.74 Å². The second-order valence-electron chi connectivity index (χ2n) is 4.28. The standard InChI is InChI=1S/C13H17NO4/c1-10-8-14(6-7-17-10)13(16)9-18-12-5-3-2-4-11(12)15/h2-5,10,15H,6-9H2,1H3. The van der Waals surface area contributed by atoms with Gasteiger partial charge in [0.15, 0.2) is 18.1 Å². The second-order valence-corrected chi connectivity index (χ2v) is 4.28. The van der Waals surface area contributed by atoms with E-state index in [2.05, 4.69) is 0 Å². The van der Waals surface area contributed by atoms with Gasteiger partial charge in [-0.3, -0.25) is 4.79 Å². The lowest BCUT2D eigenvalue weighted by Gasteiger charge is -2.31. The lowest BCUT2D eigenvalue weighted by atomic mass is 10.3. The maximum absolute atomic E-state index is 11.9. The molecule has 0 saturated carbocycles. The fraction of sp³-hybridized carbons (Fsp3) is 0.462. The smallest absolute Gasteiger partial charge is 0.260 e. The first kappa shape index (κ1) is 12.7. The summed E-state index contributed by atoms with van der Waals surface area (Å²) in [6.07, 6.45) is 0.0628. The van der Waals surface area contributed by atoms with Gasteiger partial charge < -0.3 is 19.5 Å². The third kappa shape index (κ3) is 3.13. The van der Waals surface area contributed by atoms with Gasteiger partial charge in [-0.05, 0) is 19.1 Å². The Kier molecular flexibility index (Phi) is 4.04. The number of benzene rings is 1. The molecule has 1 saturated heterocycles. The number of ether oxygens (including phenoxy) is 2. The summed E-state index contributed by atoms with van der Waals surface area (Å²) in [6, 6.07) is 6.60. The van der Waals surface area contributed by atoms with Crippen molar-refractivity contribution in [2.45, 2.75) is 13.0 Å². The number of nitrogens with zero attached hydrogens (tertiary/aromatic N) is 1. The molecule has 5 nitrogen and oxygen atoms in total. The predicted molar refractivity (Wildman–Crippen MR) is 65.6 cm³/mol. The Balaban J connectivity index is 1.86. The molecule has 1 atom stereocenters. The normalized spacial score (nSPS) is 19.6. The highest BCUT2D eigenvalue weighted by atomic mass is 16.5. The average Bonchev–Trinajstić information content (AvgIpc) is 2.37. The molecule has 0 aromatic heterocycles. The summed E-state index contributed by atoms with van der Waals surface area (Å²) in [5.74, 6) is 0.279. The summed E-state index contributed by atoms with van der Waals surface area (Å²) in [5, 5.41) is 9.51. The van der Waals surface area contributed by atoms with E-state index >= 15 is 0 Å². The first-order valence-electron chi connectivity index (χ1n) is 5.97. The molecule has 1 aliphatic rings. The van der Waals surface area contributed by atoms with Gasteiger partial charge in [0.25, 0.3) is 5.91 Å². The van der Waals surface area contributed by atoms with E-state index in [9.17, 15) is 9.90 Å². The van der Waals surface area contributed by atoms with Gasteiger partial charge in [0.1, 0.15) is 0 Å². The van der Waals surface area contributed by atoms with Gasteiger partial charge in [-0.1, -0.05) is 12.1 Å². The zero-order valence-electron chi connectivity index (χ0n) is 10.3. The minimum Gasteiger partial charge on any atom is -0.504 e. The van der Waals surface area contributed by atoms with E-state index in [1.165, 1.54) is 6.07 Å². The van der Waals surface area contributed by atoms with Crippen molar-refractivity contribution in [3.05, 3.63) is 24.3 Å². The minimum atomic E-state index is -0.0894. The van der Waals surface area contributed by atoms with Crippen LogP contribution in [-0.4, -0.2) is 48.3 Å². The fourth-order valence-electron chi connectivity index (χ4n) is 1.85. The van der Waals surface area contributed by atoms with Crippen LogP contribution in [0.4, 0.5) is 0 Å². The van der Waals surface area contributed by atoms with Gasteiger partial charge in [-0.15, -0.1) is 0 Å². The van der Waals surface area contributed by atoms with Crippen LogP contribution in [0.2, 0.25) is 0 Å². The summed E-state index contributed by atoms with van der Waals surface area (Å²) >= 11 is 0. The minimum absolute atomic E-state index is 0.0423. The highest BCUT2D eigenvalue weighted by molar-refractivity contribution is 5.78. The second kappa shape index (κ2) is 5.73. The molecule has 1 heterocycles. The SMILES string of the molecule is CC1CN(C(=O)COc2ccccc2O)CCO1. The lowest BCUT2D eigenvalue weighted by molar-refractivity contribution is -0.140. The maximum Gasteiger partial charge on any atom is 0.260 e. The molecule has 1 aromatic rings. The van der Waals surface area contributed by atoms with Crippen LogP contribution in [0.25, 0.3) is 0 Å². The summed E-state index contributed by atoms with van der Waals surface area (Å²) in [6.45, 7) is 3.60. The van der Waals surface area contributed by atoms with Gasteiger partial charge in [-0.2, -0.15) is 0 Å².